The van der Waals surface area contributed by atoms with Crippen LogP contribution in [0.15, 0.2) is 18.3 Å². The lowest BCUT2D eigenvalue weighted by atomic mass is 9.94. The first-order valence-corrected chi connectivity index (χ1v) is 4.84. The van der Waals surface area contributed by atoms with E-state index in [1.807, 2.05) is 12.1 Å². The molecule has 13 heavy (non-hydrogen) atoms. The molecule has 1 saturated heterocycles. The minimum atomic E-state index is -0.146. The molecule has 1 aromatic heterocycles. The number of rotatable bonds is 1. The Kier molecular flexibility index (Phi) is 2.26. The summed E-state index contributed by atoms with van der Waals surface area (Å²) in [4.78, 5) is 3.95. The molecular weight excluding hydrogens is 186 g/mol. The molecule has 0 N–H and O–H groups in total. The van der Waals surface area contributed by atoms with Crippen LogP contribution >= 0.6 is 11.6 Å². The van der Waals surface area contributed by atoms with Gasteiger partial charge in [-0.3, -0.25) is 0 Å². The number of hydrogen-bond acceptors (Lipinski definition) is 2. The summed E-state index contributed by atoms with van der Waals surface area (Å²) in [5, 5.41) is 0.536. The van der Waals surface area contributed by atoms with Gasteiger partial charge < -0.3 is 4.74 Å². The summed E-state index contributed by atoms with van der Waals surface area (Å²) >= 11 is 5.82. The molecule has 0 aromatic carbocycles. The van der Waals surface area contributed by atoms with Crippen molar-refractivity contribution in [3.8, 4) is 0 Å². The van der Waals surface area contributed by atoms with Gasteiger partial charge >= 0.3 is 0 Å². The van der Waals surface area contributed by atoms with Gasteiger partial charge in [0.25, 0.3) is 0 Å². The normalized spacial score (nSPS) is 27.8. The third-order valence-corrected chi connectivity index (χ3v) is 2.76. The van der Waals surface area contributed by atoms with Crippen molar-refractivity contribution >= 4 is 11.6 Å². The molecule has 1 fully saturated rings. The number of pyridine rings is 1. The van der Waals surface area contributed by atoms with Crippen molar-refractivity contribution in [2.75, 3.05) is 6.61 Å². The lowest BCUT2D eigenvalue weighted by Crippen LogP contribution is -2.19. The lowest BCUT2D eigenvalue weighted by Gasteiger charge is -2.23. The smallest absolute Gasteiger partial charge is 0.129 e. The Hall–Kier alpha value is -0.600. The number of ether oxygens (including phenoxy) is 1. The largest absolute Gasteiger partial charge is 0.371 e. The standard InChI is InChI=1S/C10H12ClNO/c1-10(4-2-6-13-10)8-3-5-12-9(11)7-8/h3,5,7H,2,4,6H2,1H3. The Morgan fingerprint density at radius 3 is 3.08 bits per heavy atom. The van der Waals surface area contributed by atoms with Crippen LogP contribution in [0.2, 0.25) is 5.15 Å². The highest BCUT2D eigenvalue weighted by atomic mass is 35.5. The Morgan fingerprint density at radius 2 is 2.46 bits per heavy atom. The molecule has 1 aliphatic rings. The highest BCUT2D eigenvalue weighted by Crippen LogP contribution is 2.35. The number of halogens is 1. The van der Waals surface area contributed by atoms with Gasteiger partial charge in [0.15, 0.2) is 0 Å². The van der Waals surface area contributed by atoms with Crippen LogP contribution in [0.5, 0.6) is 0 Å². The minimum absolute atomic E-state index is 0.146. The third-order valence-electron chi connectivity index (χ3n) is 2.56. The van der Waals surface area contributed by atoms with E-state index in [2.05, 4.69) is 11.9 Å². The van der Waals surface area contributed by atoms with Crippen molar-refractivity contribution in [3.63, 3.8) is 0 Å². The third kappa shape index (κ3) is 1.69. The highest BCUT2D eigenvalue weighted by Gasteiger charge is 2.31. The minimum Gasteiger partial charge on any atom is -0.371 e. The van der Waals surface area contributed by atoms with Gasteiger partial charge in [0.1, 0.15) is 5.15 Å². The Morgan fingerprint density at radius 1 is 1.62 bits per heavy atom. The molecule has 0 aliphatic carbocycles. The second-order valence-electron chi connectivity index (χ2n) is 3.55. The summed E-state index contributed by atoms with van der Waals surface area (Å²) in [7, 11) is 0. The van der Waals surface area contributed by atoms with Crippen molar-refractivity contribution in [1.29, 1.82) is 0 Å². The summed E-state index contributed by atoms with van der Waals surface area (Å²) in [6, 6.07) is 3.85. The molecule has 2 heterocycles. The van der Waals surface area contributed by atoms with E-state index in [9.17, 15) is 0 Å². The van der Waals surface area contributed by atoms with E-state index in [1.165, 1.54) is 0 Å². The van der Waals surface area contributed by atoms with Crippen LogP contribution in [0.25, 0.3) is 0 Å². The van der Waals surface area contributed by atoms with Gasteiger partial charge in [0, 0.05) is 12.8 Å². The first-order chi connectivity index (χ1) is 6.21. The van der Waals surface area contributed by atoms with Crippen molar-refractivity contribution < 1.29 is 4.74 Å². The second kappa shape index (κ2) is 3.28. The van der Waals surface area contributed by atoms with Gasteiger partial charge in [-0.05, 0) is 37.5 Å². The zero-order chi connectivity index (χ0) is 9.31. The van der Waals surface area contributed by atoms with Crippen LogP contribution in [0, 0.1) is 0 Å². The molecule has 70 valence electrons. The van der Waals surface area contributed by atoms with E-state index in [-0.39, 0.29) is 5.60 Å². The van der Waals surface area contributed by atoms with Crippen LogP contribution in [-0.2, 0) is 10.3 Å². The fourth-order valence-corrected chi connectivity index (χ4v) is 1.91. The lowest BCUT2D eigenvalue weighted by molar-refractivity contribution is 0.0168. The van der Waals surface area contributed by atoms with Crippen LogP contribution < -0.4 is 0 Å². The average molecular weight is 198 g/mol. The zero-order valence-electron chi connectivity index (χ0n) is 7.59. The van der Waals surface area contributed by atoms with Gasteiger partial charge in [-0.15, -0.1) is 0 Å². The fraction of sp³-hybridized carbons (Fsp3) is 0.500. The van der Waals surface area contributed by atoms with Gasteiger partial charge in [0.05, 0.1) is 5.60 Å². The van der Waals surface area contributed by atoms with Crippen molar-refractivity contribution in [2.45, 2.75) is 25.4 Å². The van der Waals surface area contributed by atoms with Crippen molar-refractivity contribution in [3.05, 3.63) is 29.0 Å². The van der Waals surface area contributed by atoms with Gasteiger partial charge in [-0.25, -0.2) is 4.98 Å². The van der Waals surface area contributed by atoms with Gasteiger partial charge in [0.2, 0.25) is 0 Å². The van der Waals surface area contributed by atoms with Gasteiger partial charge in [-0.2, -0.15) is 0 Å². The molecule has 1 atom stereocenters. The van der Waals surface area contributed by atoms with Crippen LogP contribution in [0.3, 0.4) is 0 Å². The van der Waals surface area contributed by atoms with E-state index in [0.717, 1.165) is 25.0 Å². The predicted molar refractivity (Wildman–Crippen MR) is 51.8 cm³/mol. The topological polar surface area (TPSA) is 22.1 Å². The Labute approximate surface area is 82.9 Å². The summed E-state index contributed by atoms with van der Waals surface area (Å²) in [6.07, 6.45) is 3.91. The number of hydrogen-bond donors (Lipinski definition) is 0. The summed E-state index contributed by atoms with van der Waals surface area (Å²) in [6.45, 7) is 2.95. The maximum atomic E-state index is 5.82. The SMILES string of the molecule is CC1(c2ccnc(Cl)c2)CCCO1. The molecule has 0 saturated carbocycles. The van der Waals surface area contributed by atoms with E-state index in [4.69, 9.17) is 16.3 Å². The first kappa shape index (κ1) is 8.97. The fourth-order valence-electron chi connectivity index (χ4n) is 1.74. The molecule has 0 amide bonds. The maximum Gasteiger partial charge on any atom is 0.129 e. The quantitative estimate of drug-likeness (QED) is 0.646. The average Bonchev–Trinajstić information content (AvgIpc) is 2.54. The molecule has 1 aromatic rings. The molecule has 1 unspecified atom stereocenters. The summed E-state index contributed by atoms with van der Waals surface area (Å²) in [5.41, 5.74) is 0.983. The molecule has 0 spiro atoms. The molecule has 2 nitrogen and oxygen atoms in total. The monoisotopic (exact) mass is 197 g/mol. The summed E-state index contributed by atoms with van der Waals surface area (Å²) < 4.78 is 5.70. The molecule has 1 aliphatic heterocycles. The van der Waals surface area contributed by atoms with E-state index < -0.39 is 0 Å². The predicted octanol–water partition coefficient (Wildman–Crippen LogP) is 2.76. The molecule has 0 bridgehead atoms. The zero-order valence-corrected chi connectivity index (χ0v) is 8.34. The van der Waals surface area contributed by atoms with E-state index in [0.29, 0.717) is 5.15 Å². The first-order valence-electron chi connectivity index (χ1n) is 4.47. The summed E-state index contributed by atoms with van der Waals surface area (Å²) in [5.74, 6) is 0. The Balaban J connectivity index is 2.33. The molecule has 2 rings (SSSR count). The second-order valence-corrected chi connectivity index (χ2v) is 3.94. The molecular formula is C10H12ClNO. The highest BCUT2D eigenvalue weighted by molar-refractivity contribution is 6.29. The van der Waals surface area contributed by atoms with Crippen molar-refractivity contribution in [2.24, 2.45) is 0 Å². The van der Waals surface area contributed by atoms with E-state index in [1.54, 1.807) is 6.20 Å². The number of aromatic nitrogens is 1. The van der Waals surface area contributed by atoms with Crippen LogP contribution in [0.1, 0.15) is 25.3 Å². The molecule has 0 radical (unpaired) electrons. The Bertz CT molecular complexity index is 308. The maximum absolute atomic E-state index is 5.82. The van der Waals surface area contributed by atoms with Gasteiger partial charge in [-0.1, -0.05) is 11.6 Å². The van der Waals surface area contributed by atoms with Crippen molar-refractivity contribution in [1.82, 2.24) is 4.98 Å². The number of nitrogens with zero attached hydrogens (tertiary/aromatic N) is 1. The van der Waals surface area contributed by atoms with Crippen LogP contribution in [0.4, 0.5) is 0 Å². The van der Waals surface area contributed by atoms with E-state index >= 15 is 0 Å². The van der Waals surface area contributed by atoms with Crippen LogP contribution in [-0.4, -0.2) is 11.6 Å². The molecule has 3 heteroatoms.